The second-order valence-corrected chi connectivity index (χ2v) is 8.69. The number of benzene rings is 1. The number of hydrogen-bond donors (Lipinski definition) is 1. The molecule has 1 heterocycles. The summed E-state index contributed by atoms with van der Waals surface area (Å²) in [5.74, 6) is -0.132. The average Bonchev–Trinajstić information content (AvgIpc) is 2.98. The lowest BCUT2D eigenvalue weighted by atomic mass is 9.88. The highest BCUT2D eigenvalue weighted by Gasteiger charge is 2.29. The molecule has 3 rings (SSSR count). The topological polar surface area (TPSA) is 55.4 Å². The number of rotatable bonds is 5. The number of ether oxygens (including phenoxy) is 1. The van der Waals surface area contributed by atoms with Gasteiger partial charge in [0.2, 0.25) is 0 Å². The van der Waals surface area contributed by atoms with Crippen molar-refractivity contribution in [2.24, 2.45) is 5.92 Å². The molecule has 1 N–H and O–H groups in total. The van der Waals surface area contributed by atoms with Gasteiger partial charge in [-0.1, -0.05) is 37.0 Å². The Kier molecular flexibility index (Phi) is 6.45. The molecule has 7 heteroatoms. The molecule has 4 nitrogen and oxygen atoms in total. The minimum absolute atomic E-state index is 0.311. The first-order valence-corrected chi connectivity index (χ1v) is 10.6. The second-order valence-electron chi connectivity index (χ2n) is 6.77. The molecule has 1 unspecified atom stereocenters. The standard InChI is InChI=1S/C20H21Cl2NO3S/c1-3-8-26-20(25)17-13-6-4-11(2)9-16(13)27-19(17)23-18(24)12-5-7-14(21)15(22)10-12/h5,7,10-11H,3-4,6,8-9H2,1-2H3,(H,23,24). The van der Waals surface area contributed by atoms with E-state index >= 15 is 0 Å². The quantitative estimate of drug-likeness (QED) is 0.597. The van der Waals surface area contributed by atoms with Gasteiger partial charge in [0.25, 0.3) is 5.91 Å². The maximum Gasteiger partial charge on any atom is 0.341 e. The Bertz CT molecular complexity index is 878. The summed E-state index contributed by atoms with van der Waals surface area (Å²) in [5, 5.41) is 4.13. The molecule has 0 aliphatic heterocycles. The van der Waals surface area contributed by atoms with Crippen LogP contribution in [0, 0.1) is 5.92 Å². The summed E-state index contributed by atoms with van der Waals surface area (Å²) in [7, 11) is 0. The summed E-state index contributed by atoms with van der Waals surface area (Å²) in [6.07, 6.45) is 3.51. The fourth-order valence-electron chi connectivity index (χ4n) is 3.13. The van der Waals surface area contributed by atoms with Crippen molar-refractivity contribution in [1.29, 1.82) is 0 Å². The van der Waals surface area contributed by atoms with E-state index in [1.54, 1.807) is 12.1 Å². The van der Waals surface area contributed by atoms with Gasteiger partial charge in [0.05, 0.1) is 22.2 Å². The van der Waals surface area contributed by atoms with Gasteiger partial charge in [-0.05, 0) is 55.4 Å². The van der Waals surface area contributed by atoms with Gasteiger partial charge in [0, 0.05) is 10.4 Å². The molecule has 0 saturated carbocycles. The molecule has 0 saturated heterocycles. The summed E-state index contributed by atoms with van der Waals surface area (Å²) in [5.41, 5.74) is 1.91. The fraction of sp³-hybridized carbons (Fsp3) is 0.400. The summed E-state index contributed by atoms with van der Waals surface area (Å²) in [6, 6.07) is 4.70. The Labute approximate surface area is 172 Å². The molecule has 1 aromatic carbocycles. The molecule has 0 spiro atoms. The number of hydrogen-bond acceptors (Lipinski definition) is 4. The molecule has 1 amide bonds. The van der Waals surface area contributed by atoms with E-state index in [9.17, 15) is 9.59 Å². The summed E-state index contributed by atoms with van der Waals surface area (Å²) in [6.45, 7) is 4.51. The van der Waals surface area contributed by atoms with Crippen LogP contribution in [0.25, 0.3) is 0 Å². The lowest BCUT2D eigenvalue weighted by molar-refractivity contribution is 0.0505. The van der Waals surface area contributed by atoms with E-state index in [-0.39, 0.29) is 11.9 Å². The zero-order valence-corrected chi connectivity index (χ0v) is 17.6. The van der Waals surface area contributed by atoms with Crippen molar-refractivity contribution in [1.82, 2.24) is 0 Å². The van der Waals surface area contributed by atoms with Crippen molar-refractivity contribution in [3.8, 4) is 0 Å². The Morgan fingerprint density at radius 1 is 1.30 bits per heavy atom. The van der Waals surface area contributed by atoms with E-state index < -0.39 is 0 Å². The predicted octanol–water partition coefficient (Wildman–Crippen LogP) is 6.00. The zero-order chi connectivity index (χ0) is 19.6. The summed E-state index contributed by atoms with van der Waals surface area (Å²) >= 11 is 13.4. The van der Waals surface area contributed by atoms with Gasteiger partial charge in [0.15, 0.2) is 0 Å². The van der Waals surface area contributed by atoms with Crippen molar-refractivity contribution in [2.45, 2.75) is 39.5 Å². The SMILES string of the molecule is CCCOC(=O)c1c(NC(=O)c2ccc(Cl)c(Cl)c2)sc2c1CCC(C)C2. The van der Waals surface area contributed by atoms with E-state index in [0.717, 1.165) is 36.1 Å². The van der Waals surface area contributed by atoms with Crippen LogP contribution < -0.4 is 5.32 Å². The van der Waals surface area contributed by atoms with Gasteiger partial charge in [-0.25, -0.2) is 4.79 Å². The number of halogens is 2. The maximum absolute atomic E-state index is 12.7. The minimum Gasteiger partial charge on any atom is -0.462 e. The van der Waals surface area contributed by atoms with Crippen LogP contribution >= 0.6 is 34.5 Å². The first-order chi connectivity index (χ1) is 12.9. The smallest absolute Gasteiger partial charge is 0.341 e. The third-order valence-electron chi connectivity index (χ3n) is 4.56. The van der Waals surface area contributed by atoms with Crippen LogP contribution in [-0.4, -0.2) is 18.5 Å². The highest BCUT2D eigenvalue weighted by Crippen LogP contribution is 2.40. The van der Waals surface area contributed by atoms with Crippen molar-refractivity contribution in [3.63, 3.8) is 0 Å². The Hall–Kier alpha value is -1.56. The van der Waals surface area contributed by atoms with E-state index in [1.807, 2.05) is 6.92 Å². The number of carbonyl (C=O) groups is 2. The molecule has 1 aliphatic carbocycles. The van der Waals surface area contributed by atoms with Crippen LogP contribution in [0.5, 0.6) is 0 Å². The predicted molar refractivity (Wildman–Crippen MR) is 110 cm³/mol. The van der Waals surface area contributed by atoms with Gasteiger partial charge >= 0.3 is 5.97 Å². The molecule has 1 aliphatic rings. The molecular formula is C20H21Cl2NO3S. The van der Waals surface area contributed by atoms with Crippen molar-refractivity contribution < 1.29 is 14.3 Å². The number of nitrogens with one attached hydrogen (secondary N) is 1. The molecule has 1 aromatic heterocycles. The number of fused-ring (bicyclic) bond motifs is 1. The van der Waals surface area contributed by atoms with Crippen LogP contribution in [0.15, 0.2) is 18.2 Å². The zero-order valence-electron chi connectivity index (χ0n) is 15.2. The van der Waals surface area contributed by atoms with Crippen molar-refractivity contribution >= 4 is 51.4 Å². The third kappa shape index (κ3) is 4.48. The normalized spacial score (nSPS) is 15.9. The van der Waals surface area contributed by atoms with Crippen LogP contribution in [0.2, 0.25) is 10.0 Å². The Morgan fingerprint density at radius 2 is 2.07 bits per heavy atom. The van der Waals surface area contributed by atoms with Gasteiger partial charge in [-0.3, -0.25) is 4.79 Å². The van der Waals surface area contributed by atoms with Gasteiger partial charge in [-0.2, -0.15) is 0 Å². The van der Waals surface area contributed by atoms with E-state index in [4.69, 9.17) is 27.9 Å². The molecule has 0 radical (unpaired) electrons. The molecular weight excluding hydrogens is 405 g/mol. The van der Waals surface area contributed by atoms with Crippen LogP contribution in [-0.2, 0) is 17.6 Å². The summed E-state index contributed by atoms with van der Waals surface area (Å²) < 4.78 is 5.37. The van der Waals surface area contributed by atoms with Gasteiger partial charge in [0.1, 0.15) is 5.00 Å². The first kappa shape index (κ1) is 20.2. The molecule has 0 bridgehead atoms. The Balaban J connectivity index is 1.92. The number of anilines is 1. The van der Waals surface area contributed by atoms with Crippen LogP contribution in [0.1, 0.15) is 57.8 Å². The highest BCUT2D eigenvalue weighted by atomic mass is 35.5. The number of esters is 1. The largest absolute Gasteiger partial charge is 0.462 e. The average molecular weight is 426 g/mol. The van der Waals surface area contributed by atoms with E-state index in [0.29, 0.717) is 38.7 Å². The van der Waals surface area contributed by atoms with Crippen molar-refractivity contribution in [2.75, 3.05) is 11.9 Å². The monoisotopic (exact) mass is 425 g/mol. The van der Waals surface area contributed by atoms with Gasteiger partial charge in [-0.15, -0.1) is 11.3 Å². The van der Waals surface area contributed by atoms with E-state index in [1.165, 1.54) is 17.4 Å². The Morgan fingerprint density at radius 3 is 2.78 bits per heavy atom. The molecule has 0 fully saturated rings. The van der Waals surface area contributed by atoms with E-state index in [2.05, 4.69) is 12.2 Å². The lowest BCUT2D eigenvalue weighted by Crippen LogP contribution is -2.17. The molecule has 2 aromatic rings. The number of thiophene rings is 1. The van der Waals surface area contributed by atoms with Crippen molar-refractivity contribution in [3.05, 3.63) is 49.8 Å². The molecule has 1 atom stereocenters. The second kappa shape index (κ2) is 8.63. The molecule has 27 heavy (non-hydrogen) atoms. The number of carbonyl (C=O) groups excluding carboxylic acids is 2. The third-order valence-corrected chi connectivity index (χ3v) is 6.47. The highest BCUT2D eigenvalue weighted by molar-refractivity contribution is 7.17. The van der Waals surface area contributed by atoms with Gasteiger partial charge < -0.3 is 10.1 Å². The maximum atomic E-state index is 12.7. The minimum atomic E-state index is -0.367. The lowest BCUT2D eigenvalue weighted by Gasteiger charge is -2.18. The first-order valence-electron chi connectivity index (χ1n) is 8.98. The van der Waals surface area contributed by atoms with Crippen LogP contribution in [0.4, 0.5) is 5.00 Å². The summed E-state index contributed by atoms with van der Waals surface area (Å²) in [4.78, 5) is 26.5. The van der Waals surface area contributed by atoms with Crippen LogP contribution in [0.3, 0.4) is 0 Å². The number of amides is 1. The fourth-order valence-corrected chi connectivity index (χ4v) is 4.83. The molecule has 144 valence electrons.